The maximum Gasteiger partial charge on any atom is 0.337 e. The maximum absolute atomic E-state index is 14.2. The van der Waals surface area contributed by atoms with Crippen LogP contribution in [-0.4, -0.2) is 64.4 Å². The van der Waals surface area contributed by atoms with E-state index in [2.05, 4.69) is 14.5 Å². The van der Waals surface area contributed by atoms with Gasteiger partial charge in [-0.3, -0.25) is 4.90 Å². The van der Waals surface area contributed by atoms with Crippen LogP contribution in [0.2, 0.25) is 5.02 Å². The molecule has 0 amide bonds. The molecule has 9 nitrogen and oxygen atoms in total. The lowest BCUT2D eigenvalue weighted by molar-refractivity contribution is -0.0592. The summed E-state index contributed by atoms with van der Waals surface area (Å²) in [4.78, 5) is 23.7. The predicted molar refractivity (Wildman–Crippen MR) is 154 cm³/mol. The Morgan fingerprint density at radius 2 is 1.98 bits per heavy atom. The summed E-state index contributed by atoms with van der Waals surface area (Å²) >= 11 is 5.79. The molecule has 6 rings (SSSR count). The first-order valence-electron chi connectivity index (χ1n) is 14.9. The number of pyridine rings is 1. The number of piperidine rings is 1. The van der Waals surface area contributed by atoms with E-state index in [4.69, 9.17) is 38.3 Å². The van der Waals surface area contributed by atoms with Gasteiger partial charge in [0.1, 0.15) is 18.5 Å². The van der Waals surface area contributed by atoms with Gasteiger partial charge < -0.3 is 23.5 Å². The van der Waals surface area contributed by atoms with Crippen LogP contribution in [0.1, 0.15) is 43.9 Å². The molecule has 0 N–H and O–H groups in total. The number of halogens is 2. The molecule has 42 heavy (non-hydrogen) atoms. The number of benzene rings is 2. The molecule has 0 bridgehead atoms. The topological polar surface area (TPSA) is 87.9 Å². The van der Waals surface area contributed by atoms with Crippen LogP contribution < -0.4 is 9.47 Å². The van der Waals surface area contributed by atoms with Crippen molar-refractivity contribution in [2.24, 2.45) is 0 Å². The van der Waals surface area contributed by atoms with E-state index in [1.807, 2.05) is 12.1 Å². The van der Waals surface area contributed by atoms with Gasteiger partial charge in [-0.15, -0.1) is 0 Å². The van der Waals surface area contributed by atoms with Crippen LogP contribution in [-0.2, 0) is 29.1 Å². The number of methoxy groups -OCH3 is 1. The zero-order valence-corrected chi connectivity index (χ0v) is 23.8. The first-order chi connectivity index (χ1) is 21.2. The quantitative estimate of drug-likeness (QED) is 0.224. The third kappa shape index (κ3) is 6.51. The minimum absolute atomic E-state index is 0.0357. The summed E-state index contributed by atoms with van der Waals surface area (Å²) in [5.74, 6) is -0.238. The molecule has 0 spiro atoms. The SMILES string of the molecule is [2H]C([2H])(Oc1ccc(Cl)cc1F)c1cccc(OC2CCN(Cc3nc4ccc(C(=O)OC)cc4n3C[C@@H]3CCO3)CC2)n1. The Balaban J connectivity index is 1.10. The summed E-state index contributed by atoms with van der Waals surface area (Å²) in [6, 6.07) is 13.9. The number of carbonyl (C=O) groups is 1. The van der Waals surface area contributed by atoms with E-state index in [-0.39, 0.29) is 40.5 Å². The van der Waals surface area contributed by atoms with Crippen molar-refractivity contribution in [1.82, 2.24) is 19.4 Å². The van der Waals surface area contributed by atoms with Crippen LogP contribution in [0.25, 0.3) is 11.0 Å². The van der Waals surface area contributed by atoms with Crippen LogP contribution in [0.15, 0.2) is 54.6 Å². The number of aromatic nitrogens is 3. The van der Waals surface area contributed by atoms with Crippen molar-refractivity contribution in [3.63, 3.8) is 0 Å². The van der Waals surface area contributed by atoms with Crippen LogP contribution in [0.3, 0.4) is 0 Å². The number of nitrogens with zero attached hydrogens (tertiary/aromatic N) is 4. The summed E-state index contributed by atoms with van der Waals surface area (Å²) in [6.07, 6.45) is 2.48. The van der Waals surface area contributed by atoms with Crippen molar-refractivity contribution in [1.29, 1.82) is 0 Å². The van der Waals surface area contributed by atoms with E-state index in [9.17, 15) is 9.18 Å². The first-order valence-corrected chi connectivity index (χ1v) is 14.3. The fraction of sp³-hybridized carbons (Fsp3) is 0.387. The fourth-order valence-electron chi connectivity index (χ4n) is 5.13. The molecule has 2 aromatic heterocycles. The summed E-state index contributed by atoms with van der Waals surface area (Å²) in [5.41, 5.74) is 2.14. The molecule has 2 aliphatic heterocycles. The van der Waals surface area contributed by atoms with E-state index in [1.165, 1.54) is 25.3 Å². The van der Waals surface area contributed by atoms with E-state index >= 15 is 0 Å². The Morgan fingerprint density at radius 3 is 2.71 bits per heavy atom. The van der Waals surface area contributed by atoms with Crippen molar-refractivity contribution in [2.45, 2.75) is 51.1 Å². The number of hydrogen-bond acceptors (Lipinski definition) is 8. The molecule has 220 valence electrons. The van der Waals surface area contributed by atoms with Gasteiger partial charge in [-0.1, -0.05) is 17.7 Å². The molecule has 0 aliphatic carbocycles. The highest BCUT2D eigenvalue weighted by Crippen LogP contribution is 2.26. The zero-order chi connectivity index (χ0) is 30.8. The molecule has 4 heterocycles. The van der Waals surface area contributed by atoms with Crippen molar-refractivity contribution in [2.75, 3.05) is 26.8 Å². The molecule has 2 fully saturated rings. The Morgan fingerprint density at radius 1 is 1.14 bits per heavy atom. The predicted octanol–water partition coefficient (Wildman–Crippen LogP) is 5.42. The highest BCUT2D eigenvalue weighted by Gasteiger charge is 2.26. The van der Waals surface area contributed by atoms with Gasteiger partial charge in [0.25, 0.3) is 0 Å². The molecule has 2 aromatic carbocycles. The maximum atomic E-state index is 14.2. The van der Waals surface area contributed by atoms with Gasteiger partial charge in [-0.25, -0.2) is 19.2 Å². The number of carbonyl (C=O) groups excluding carboxylic acids is 1. The van der Waals surface area contributed by atoms with E-state index in [0.717, 1.165) is 61.9 Å². The van der Waals surface area contributed by atoms with Gasteiger partial charge in [0.2, 0.25) is 5.88 Å². The number of imidazole rings is 1. The Bertz CT molecular complexity index is 1660. The molecule has 1 atom stereocenters. The minimum atomic E-state index is -2.40. The van der Waals surface area contributed by atoms with E-state index in [0.29, 0.717) is 18.7 Å². The van der Waals surface area contributed by atoms with Gasteiger partial charge >= 0.3 is 5.97 Å². The molecular weight excluding hydrogens is 563 g/mol. The number of hydrogen-bond donors (Lipinski definition) is 0. The minimum Gasteiger partial charge on any atom is -0.484 e. The van der Waals surface area contributed by atoms with Crippen molar-refractivity contribution in [3.05, 3.63) is 82.5 Å². The third-order valence-electron chi connectivity index (χ3n) is 7.50. The van der Waals surface area contributed by atoms with Gasteiger partial charge in [-0.2, -0.15) is 0 Å². The average molecular weight is 597 g/mol. The second kappa shape index (κ2) is 12.6. The fourth-order valence-corrected chi connectivity index (χ4v) is 5.29. The normalized spacial score (nSPS) is 18.7. The van der Waals surface area contributed by atoms with Gasteiger partial charge in [0, 0.05) is 30.8 Å². The molecule has 2 aliphatic rings. The molecular formula is C31H32ClFN4O5. The van der Waals surface area contributed by atoms with Crippen molar-refractivity contribution in [3.8, 4) is 11.6 Å². The lowest BCUT2D eigenvalue weighted by Gasteiger charge is -2.32. The van der Waals surface area contributed by atoms with Gasteiger partial charge in [0.15, 0.2) is 11.6 Å². The smallest absolute Gasteiger partial charge is 0.337 e. The van der Waals surface area contributed by atoms with Crippen LogP contribution in [0.5, 0.6) is 11.6 Å². The van der Waals surface area contributed by atoms with Gasteiger partial charge in [-0.05, 0) is 61.7 Å². The number of esters is 1. The number of ether oxygens (including phenoxy) is 4. The van der Waals surface area contributed by atoms with E-state index in [1.54, 1.807) is 18.2 Å². The summed E-state index contributed by atoms with van der Waals surface area (Å²) < 4.78 is 55.1. The molecule has 0 unspecified atom stereocenters. The second-order valence-electron chi connectivity index (χ2n) is 10.3. The Hall–Kier alpha value is -3.73. The highest BCUT2D eigenvalue weighted by atomic mass is 35.5. The van der Waals surface area contributed by atoms with Crippen molar-refractivity contribution < 1.29 is 30.9 Å². The monoisotopic (exact) mass is 596 g/mol. The molecule has 11 heteroatoms. The van der Waals surface area contributed by atoms with Crippen molar-refractivity contribution >= 4 is 28.6 Å². The molecule has 0 radical (unpaired) electrons. The summed E-state index contributed by atoms with van der Waals surface area (Å²) in [6.45, 7) is 1.18. The average Bonchev–Trinajstić information content (AvgIpc) is 3.33. The first kappa shape index (κ1) is 25.9. The summed E-state index contributed by atoms with van der Waals surface area (Å²) in [5, 5.41) is 0.186. The molecule has 4 aromatic rings. The highest BCUT2D eigenvalue weighted by molar-refractivity contribution is 6.30. The summed E-state index contributed by atoms with van der Waals surface area (Å²) in [7, 11) is 1.37. The lowest BCUT2D eigenvalue weighted by Crippen LogP contribution is -2.39. The van der Waals surface area contributed by atoms with Crippen LogP contribution >= 0.6 is 11.6 Å². The zero-order valence-electron chi connectivity index (χ0n) is 25.1. The standard InChI is InChI=1S/C31H32ClFN4O5/c1-39-31(38)20-5-7-26-27(15-20)37(17-24-11-14-40-24)29(35-26)18-36-12-9-23(10-13-36)42-30-4-2-3-22(34-30)19-41-28-8-6-21(32)16-25(28)33/h2-8,15-16,23-24H,9-14,17-19H2,1H3/t24-/m0/s1/i19D2. The molecule has 0 saturated carbocycles. The Labute approximate surface area is 250 Å². The second-order valence-corrected chi connectivity index (χ2v) is 10.8. The van der Waals surface area contributed by atoms with Gasteiger partial charge in [0.05, 0.1) is 51.3 Å². The largest absolute Gasteiger partial charge is 0.484 e. The molecule has 2 saturated heterocycles. The number of rotatable bonds is 10. The Kier molecular flexibility index (Phi) is 7.81. The lowest BCUT2D eigenvalue weighted by atomic mass is 10.1. The number of likely N-dealkylation sites (tertiary alicyclic amines) is 1. The number of fused-ring (bicyclic) bond motifs is 1. The third-order valence-corrected chi connectivity index (χ3v) is 7.73. The van der Waals surface area contributed by atoms with E-state index < -0.39 is 12.4 Å². The van der Waals surface area contributed by atoms with Crippen LogP contribution in [0.4, 0.5) is 4.39 Å². The van der Waals surface area contributed by atoms with Crippen LogP contribution in [0, 0.1) is 5.82 Å².